The van der Waals surface area contributed by atoms with Gasteiger partial charge in [0.1, 0.15) is 6.10 Å². The molecule has 0 aromatic carbocycles. The maximum atomic E-state index is 11.7. The average Bonchev–Trinajstić information content (AvgIpc) is 1.81. The Morgan fingerprint density at radius 2 is 1.38 bits per heavy atom. The summed E-state index contributed by atoms with van der Waals surface area (Å²) in [6.07, 6.45) is 0.0172. The summed E-state index contributed by atoms with van der Waals surface area (Å²) in [5.74, 6) is 0. The van der Waals surface area contributed by atoms with Crippen molar-refractivity contribution in [3.05, 3.63) is 0 Å². The van der Waals surface area contributed by atoms with Crippen molar-refractivity contribution >= 4 is 8.18 Å². The van der Waals surface area contributed by atoms with Crippen LogP contribution in [0.15, 0.2) is 0 Å². The first-order chi connectivity index (χ1) is 5.86. The third kappa shape index (κ3) is 4.70. The monoisotopic (exact) mass is 206 g/mol. The summed E-state index contributed by atoms with van der Waals surface area (Å²) in [5, 5.41) is 0. The van der Waals surface area contributed by atoms with Gasteiger partial charge in [-0.05, 0) is 46.1 Å². The van der Waals surface area contributed by atoms with Gasteiger partial charge in [0.15, 0.2) is 0 Å². The third-order valence-electron chi connectivity index (χ3n) is 1.55. The van der Waals surface area contributed by atoms with Crippen LogP contribution in [-0.4, -0.2) is 22.9 Å². The summed E-state index contributed by atoms with van der Waals surface area (Å²) in [7, 11) is -1.68. The molecule has 0 saturated heterocycles. The highest BCUT2D eigenvalue weighted by Gasteiger charge is 2.36. The van der Waals surface area contributed by atoms with Crippen LogP contribution in [0, 0.1) is 0 Å². The third-order valence-corrected chi connectivity index (χ3v) is 3.45. The van der Waals surface area contributed by atoms with Gasteiger partial charge >= 0.3 is 8.18 Å². The molecular weight excluding hydrogens is 185 g/mol. The van der Waals surface area contributed by atoms with E-state index < -0.39 is 8.18 Å². The maximum absolute atomic E-state index is 11.7. The van der Waals surface area contributed by atoms with Gasteiger partial charge in [-0.3, -0.25) is 0 Å². The van der Waals surface area contributed by atoms with E-state index in [4.69, 9.17) is 4.52 Å². The Bertz CT molecular complexity index is 161. The van der Waals surface area contributed by atoms with Crippen molar-refractivity contribution in [1.29, 1.82) is 0 Å². The largest absolute Gasteiger partial charge is 0.616 e. The molecule has 0 bridgehead atoms. The lowest BCUT2D eigenvalue weighted by atomic mass is 10.3. The zero-order valence-corrected chi connectivity index (χ0v) is 10.3. The van der Waals surface area contributed by atoms with Gasteiger partial charge in [-0.2, -0.15) is 0 Å². The predicted molar refractivity (Wildman–Crippen MR) is 55.9 cm³/mol. The van der Waals surface area contributed by atoms with E-state index in [-0.39, 0.29) is 18.2 Å². The van der Waals surface area contributed by atoms with E-state index in [1.54, 1.807) is 0 Å². The molecule has 3 nitrogen and oxygen atoms in total. The van der Waals surface area contributed by atoms with Gasteiger partial charge in [0.25, 0.3) is 0 Å². The molecule has 0 fully saturated rings. The Hall–Kier alpha value is 0.0200. The Morgan fingerprint density at radius 1 is 1.00 bits per heavy atom. The van der Waals surface area contributed by atoms with E-state index in [9.17, 15) is 4.57 Å². The Kier molecular flexibility index (Phi) is 5.70. The summed E-state index contributed by atoms with van der Waals surface area (Å²) >= 11 is 0. The van der Waals surface area contributed by atoms with E-state index in [1.165, 1.54) is 0 Å². The molecule has 0 heterocycles. The average molecular weight is 206 g/mol. The van der Waals surface area contributed by atoms with Crippen molar-refractivity contribution in [2.75, 3.05) is 0 Å². The van der Waals surface area contributed by atoms with Crippen molar-refractivity contribution in [1.82, 2.24) is 4.67 Å². The van der Waals surface area contributed by atoms with Crippen molar-refractivity contribution in [2.45, 2.75) is 59.7 Å². The SMILES string of the molecule is CC(C)O[P+](=O)N(C(C)C)C(C)C. The first-order valence-electron chi connectivity index (χ1n) is 4.78. The number of hydrogen-bond donors (Lipinski definition) is 0. The topological polar surface area (TPSA) is 29.5 Å². The fraction of sp³-hybridized carbons (Fsp3) is 1.00. The molecule has 78 valence electrons. The molecule has 0 saturated carbocycles. The predicted octanol–water partition coefficient (Wildman–Crippen LogP) is 3.19. The molecule has 0 radical (unpaired) electrons. The Labute approximate surface area is 82.4 Å². The Morgan fingerprint density at radius 3 is 1.62 bits per heavy atom. The van der Waals surface area contributed by atoms with Crippen LogP contribution in [-0.2, 0) is 9.09 Å². The van der Waals surface area contributed by atoms with Crippen LogP contribution in [0.5, 0.6) is 0 Å². The minimum Gasteiger partial charge on any atom is -0.127 e. The normalized spacial score (nSPS) is 13.5. The van der Waals surface area contributed by atoms with Gasteiger partial charge in [-0.25, -0.2) is 0 Å². The number of hydrogen-bond acceptors (Lipinski definition) is 2. The Balaban J connectivity index is 4.29. The molecule has 1 unspecified atom stereocenters. The van der Waals surface area contributed by atoms with Crippen LogP contribution in [0.4, 0.5) is 0 Å². The summed E-state index contributed by atoms with van der Waals surface area (Å²) < 4.78 is 18.8. The fourth-order valence-corrected chi connectivity index (χ4v) is 2.43. The van der Waals surface area contributed by atoms with Crippen LogP contribution in [0.1, 0.15) is 41.5 Å². The minimum atomic E-state index is -1.68. The van der Waals surface area contributed by atoms with Crippen molar-refractivity contribution < 1.29 is 9.09 Å². The van der Waals surface area contributed by atoms with E-state index in [1.807, 2.05) is 46.2 Å². The van der Waals surface area contributed by atoms with E-state index in [2.05, 4.69) is 0 Å². The molecule has 0 aromatic heterocycles. The van der Waals surface area contributed by atoms with Crippen LogP contribution in [0.2, 0.25) is 0 Å². The number of rotatable bonds is 5. The van der Waals surface area contributed by atoms with Crippen LogP contribution < -0.4 is 0 Å². The van der Waals surface area contributed by atoms with Gasteiger partial charge in [0.2, 0.25) is 0 Å². The van der Waals surface area contributed by atoms with Crippen molar-refractivity contribution in [3.63, 3.8) is 0 Å². The summed E-state index contributed by atoms with van der Waals surface area (Å²) in [6.45, 7) is 11.9. The van der Waals surface area contributed by atoms with Gasteiger partial charge in [-0.1, -0.05) is 4.67 Å². The molecule has 0 aliphatic heterocycles. The molecule has 13 heavy (non-hydrogen) atoms. The molecule has 0 aliphatic rings. The lowest BCUT2D eigenvalue weighted by Crippen LogP contribution is -2.31. The van der Waals surface area contributed by atoms with Crippen molar-refractivity contribution in [3.8, 4) is 0 Å². The van der Waals surface area contributed by atoms with Gasteiger partial charge in [0.05, 0.1) is 12.1 Å². The lowest BCUT2D eigenvalue weighted by molar-refractivity contribution is 0.198. The fourth-order valence-electron chi connectivity index (χ4n) is 1.21. The summed E-state index contributed by atoms with van der Waals surface area (Å²) in [4.78, 5) is 0. The minimum absolute atomic E-state index is 0.0172. The van der Waals surface area contributed by atoms with Gasteiger partial charge in [-0.15, -0.1) is 4.52 Å². The first-order valence-corrected chi connectivity index (χ1v) is 5.91. The van der Waals surface area contributed by atoms with Gasteiger partial charge < -0.3 is 0 Å². The maximum Gasteiger partial charge on any atom is 0.616 e. The standard InChI is InChI=1S/C9H21NO2P/c1-7(2)10(8(3)4)13(11)12-9(5)6/h7-9H,1-6H3/q+1. The van der Waals surface area contributed by atoms with Crippen LogP contribution in [0.3, 0.4) is 0 Å². The first kappa shape index (κ1) is 13.0. The molecular formula is C9H21NO2P+. The van der Waals surface area contributed by atoms with Crippen LogP contribution in [0.25, 0.3) is 0 Å². The quantitative estimate of drug-likeness (QED) is 0.647. The lowest BCUT2D eigenvalue weighted by Gasteiger charge is -2.17. The number of nitrogens with zero attached hydrogens (tertiary/aromatic N) is 1. The molecule has 4 heteroatoms. The smallest absolute Gasteiger partial charge is 0.127 e. The summed E-state index contributed by atoms with van der Waals surface area (Å²) in [6, 6.07) is 0.504. The second-order valence-electron chi connectivity index (χ2n) is 3.96. The molecule has 0 spiro atoms. The van der Waals surface area contributed by atoms with Crippen molar-refractivity contribution in [2.24, 2.45) is 0 Å². The zero-order chi connectivity index (χ0) is 10.6. The molecule has 1 atom stereocenters. The highest BCUT2D eigenvalue weighted by atomic mass is 31.1. The molecule has 0 aliphatic carbocycles. The second-order valence-corrected chi connectivity index (χ2v) is 5.11. The molecule has 0 rings (SSSR count). The van der Waals surface area contributed by atoms with E-state index in [0.29, 0.717) is 0 Å². The zero-order valence-electron chi connectivity index (χ0n) is 9.44. The second kappa shape index (κ2) is 5.69. The van der Waals surface area contributed by atoms with E-state index >= 15 is 0 Å². The van der Waals surface area contributed by atoms with Gasteiger partial charge in [0, 0.05) is 0 Å². The highest BCUT2D eigenvalue weighted by molar-refractivity contribution is 7.36. The molecule has 0 N–H and O–H groups in total. The summed E-state index contributed by atoms with van der Waals surface area (Å²) in [5.41, 5.74) is 0. The van der Waals surface area contributed by atoms with Crippen LogP contribution >= 0.6 is 8.18 Å². The van der Waals surface area contributed by atoms with E-state index in [0.717, 1.165) is 0 Å². The molecule has 0 amide bonds. The molecule has 0 aromatic rings. The highest BCUT2D eigenvalue weighted by Crippen LogP contribution is 2.34.